The summed E-state index contributed by atoms with van der Waals surface area (Å²) < 4.78 is 9.82. The molecule has 2 heterocycles. The average molecular weight is 287 g/mol. The van der Waals surface area contributed by atoms with E-state index in [2.05, 4.69) is 20.2 Å². The van der Waals surface area contributed by atoms with Crippen molar-refractivity contribution in [2.45, 2.75) is 17.2 Å². The largest absolute Gasteiger partial charge is 0.459 e. The number of carbonyl (C=O) groups is 1. The van der Waals surface area contributed by atoms with Gasteiger partial charge in [-0.1, -0.05) is 16.7 Å². The van der Waals surface area contributed by atoms with Crippen LogP contribution in [-0.2, 0) is 4.74 Å². The zero-order valence-corrected chi connectivity index (χ0v) is 10.7. The molecule has 2 aromatic heterocycles. The van der Waals surface area contributed by atoms with Crippen molar-refractivity contribution in [1.82, 2.24) is 20.2 Å². The lowest BCUT2D eigenvalue weighted by atomic mass is 10.7. The molecule has 0 spiro atoms. The first-order valence-electron chi connectivity index (χ1n) is 4.84. The molecule has 0 bridgehead atoms. The fourth-order valence-electron chi connectivity index (χ4n) is 0.986. The second-order valence-corrected chi connectivity index (χ2v) is 4.22. The van der Waals surface area contributed by atoms with Crippen LogP contribution in [0, 0.1) is 0 Å². The Morgan fingerprint density at radius 3 is 3.11 bits per heavy atom. The van der Waals surface area contributed by atoms with Crippen LogP contribution in [0.1, 0.15) is 17.6 Å². The topological polar surface area (TPSA) is 91.0 Å². The molecule has 0 aliphatic heterocycles. The lowest BCUT2D eigenvalue weighted by Gasteiger charge is -1.97. The number of nitrogens with zero attached hydrogens (tertiary/aromatic N) is 4. The van der Waals surface area contributed by atoms with Gasteiger partial charge in [-0.05, 0) is 18.7 Å². The minimum atomic E-state index is -0.661. The van der Waals surface area contributed by atoms with Crippen molar-refractivity contribution < 1.29 is 13.9 Å². The Balaban J connectivity index is 2.12. The molecule has 0 saturated heterocycles. The third-order valence-corrected chi connectivity index (χ3v) is 2.92. The number of rotatable bonds is 4. The summed E-state index contributed by atoms with van der Waals surface area (Å²) in [4.78, 5) is 19.0. The normalized spacial score (nSPS) is 10.3. The number of halogens is 1. The Kier molecular flexibility index (Phi) is 4.11. The number of esters is 1. The van der Waals surface area contributed by atoms with Crippen LogP contribution in [0.5, 0.6) is 0 Å². The quantitative estimate of drug-likeness (QED) is 0.621. The molecule has 7 nitrogen and oxygen atoms in total. The van der Waals surface area contributed by atoms with Crippen LogP contribution in [0.15, 0.2) is 27.2 Å². The summed E-state index contributed by atoms with van der Waals surface area (Å²) in [5, 5.41) is 8.22. The second-order valence-electron chi connectivity index (χ2n) is 2.87. The molecule has 2 rings (SSSR count). The maximum Gasteiger partial charge on any atom is 0.396 e. The zero-order valence-electron chi connectivity index (χ0n) is 9.16. The van der Waals surface area contributed by atoms with Gasteiger partial charge in [-0.2, -0.15) is 0 Å². The molecule has 94 valence electrons. The first-order valence-corrected chi connectivity index (χ1v) is 6.04. The van der Waals surface area contributed by atoms with E-state index in [9.17, 15) is 4.79 Å². The van der Waals surface area contributed by atoms with E-state index in [1.807, 2.05) is 0 Å². The summed E-state index contributed by atoms with van der Waals surface area (Å²) in [5.41, 5.74) is 0. The van der Waals surface area contributed by atoms with Crippen LogP contribution in [0.2, 0.25) is 5.02 Å². The van der Waals surface area contributed by atoms with Crippen molar-refractivity contribution >= 4 is 29.3 Å². The summed E-state index contributed by atoms with van der Waals surface area (Å²) >= 11 is 6.91. The number of ether oxygens (including phenoxy) is 1. The fraction of sp³-hybridized carbons (Fsp3) is 0.222. The van der Waals surface area contributed by atoms with E-state index in [4.69, 9.17) is 20.8 Å². The summed E-state index contributed by atoms with van der Waals surface area (Å²) in [5.74, 6) is -0.866. The molecule has 2 aromatic rings. The first-order chi connectivity index (χ1) is 8.70. The van der Waals surface area contributed by atoms with Gasteiger partial charge in [0.15, 0.2) is 0 Å². The lowest BCUT2D eigenvalue weighted by molar-refractivity contribution is 0.0475. The van der Waals surface area contributed by atoms with E-state index in [1.54, 1.807) is 6.92 Å². The molecule has 0 saturated carbocycles. The number of carbonyl (C=O) groups excluding carboxylic acids is 1. The molecule has 0 aromatic carbocycles. The van der Waals surface area contributed by atoms with Crippen LogP contribution < -0.4 is 0 Å². The lowest BCUT2D eigenvalue weighted by Crippen LogP contribution is -2.04. The Labute approximate surface area is 111 Å². The van der Waals surface area contributed by atoms with Crippen molar-refractivity contribution in [3.63, 3.8) is 0 Å². The third-order valence-electron chi connectivity index (χ3n) is 1.67. The van der Waals surface area contributed by atoms with Crippen LogP contribution in [0.4, 0.5) is 0 Å². The predicted octanol–water partition coefficient (Wildman–Crippen LogP) is 1.84. The van der Waals surface area contributed by atoms with Crippen molar-refractivity contribution in [1.29, 1.82) is 0 Å². The summed E-state index contributed by atoms with van der Waals surface area (Å²) in [6.45, 7) is 1.92. The highest BCUT2D eigenvalue weighted by atomic mass is 35.5. The van der Waals surface area contributed by atoms with Gasteiger partial charge in [0, 0.05) is 0 Å². The molecule has 0 amide bonds. The minimum Gasteiger partial charge on any atom is -0.459 e. The standard InChI is InChI=1S/C9H7ClN4O3S/c1-2-16-8(15)6-13-14-9(17-6)18-7-5(10)3-11-4-12-7/h3-4H,2H2,1H3. The summed E-state index contributed by atoms with van der Waals surface area (Å²) in [7, 11) is 0. The van der Waals surface area contributed by atoms with Gasteiger partial charge in [-0.3, -0.25) is 0 Å². The molecular formula is C9H7ClN4O3S. The van der Waals surface area contributed by atoms with E-state index in [1.165, 1.54) is 12.5 Å². The van der Waals surface area contributed by atoms with Crippen molar-refractivity contribution in [2.24, 2.45) is 0 Å². The van der Waals surface area contributed by atoms with E-state index in [0.29, 0.717) is 10.0 Å². The maximum absolute atomic E-state index is 11.3. The van der Waals surface area contributed by atoms with Gasteiger partial charge in [0.05, 0.1) is 17.8 Å². The first kappa shape index (κ1) is 12.8. The van der Waals surface area contributed by atoms with E-state index in [0.717, 1.165) is 11.8 Å². The Morgan fingerprint density at radius 2 is 2.39 bits per heavy atom. The molecule has 0 radical (unpaired) electrons. The number of hydrogen-bond acceptors (Lipinski definition) is 8. The summed E-state index contributed by atoms with van der Waals surface area (Å²) in [6.07, 6.45) is 2.79. The SMILES string of the molecule is CCOC(=O)c1nnc(Sc2ncncc2Cl)o1. The molecule has 0 aliphatic carbocycles. The van der Waals surface area contributed by atoms with Gasteiger partial charge in [-0.25, -0.2) is 14.8 Å². The monoisotopic (exact) mass is 286 g/mol. The van der Waals surface area contributed by atoms with Crippen LogP contribution in [-0.4, -0.2) is 32.7 Å². The molecule has 0 N–H and O–H groups in total. The van der Waals surface area contributed by atoms with Crippen LogP contribution in [0.25, 0.3) is 0 Å². The zero-order chi connectivity index (χ0) is 13.0. The molecule has 0 atom stereocenters. The minimum absolute atomic E-state index is 0.152. The van der Waals surface area contributed by atoms with Gasteiger partial charge in [0.25, 0.3) is 5.22 Å². The molecule has 18 heavy (non-hydrogen) atoms. The highest BCUT2D eigenvalue weighted by Crippen LogP contribution is 2.29. The van der Waals surface area contributed by atoms with Crippen LogP contribution in [0.3, 0.4) is 0 Å². The average Bonchev–Trinajstić information content (AvgIpc) is 2.81. The van der Waals surface area contributed by atoms with Gasteiger partial charge in [0.1, 0.15) is 11.4 Å². The van der Waals surface area contributed by atoms with E-state index in [-0.39, 0.29) is 17.7 Å². The Morgan fingerprint density at radius 1 is 1.56 bits per heavy atom. The molecule has 0 fully saturated rings. The second kappa shape index (κ2) is 5.78. The molecular weight excluding hydrogens is 280 g/mol. The van der Waals surface area contributed by atoms with E-state index >= 15 is 0 Å². The van der Waals surface area contributed by atoms with Crippen LogP contribution >= 0.6 is 23.4 Å². The highest BCUT2D eigenvalue weighted by Gasteiger charge is 2.17. The molecule has 9 heteroatoms. The van der Waals surface area contributed by atoms with Crippen molar-refractivity contribution in [3.8, 4) is 0 Å². The smallest absolute Gasteiger partial charge is 0.396 e. The van der Waals surface area contributed by atoms with Crippen molar-refractivity contribution in [2.75, 3.05) is 6.61 Å². The Hall–Kier alpha value is -1.67. The maximum atomic E-state index is 11.3. The Bertz CT molecular complexity index is 562. The van der Waals surface area contributed by atoms with Gasteiger partial charge in [0.2, 0.25) is 0 Å². The van der Waals surface area contributed by atoms with Gasteiger partial charge in [-0.15, -0.1) is 5.10 Å². The van der Waals surface area contributed by atoms with Gasteiger partial charge < -0.3 is 9.15 Å². The predicted molar refractivity (Wildman–Crippen MR) is 61.4 cm³/mol. The molecule has 0 aliphatic rings. The number of aromatic nitrogens is 4. The van der Waals surface area contributed by atoms with Gasteiger partial charge >= 0.3 is 11.9 Å². The van der Waals surface area contributed by atoms with Crippen molar-refractivity contribution in [3.05, 3.63) is 23.4 Å². The molecule has 0 unspecified atom stereocenters. The highest BCUT2D eigenvalue weighted by molar-refractivity contribution is 7.99. The number of hydrogen-bond donors (Lipinski definition) is 0. The fourth-order valence-corrected chi connectivity index (χ4v) is 1.82. The summed E-state index contributed by atoms with van der Waals surface area (Å²) in [6, 6.07) is 0. The van der Waals surface area contributed by atoms with E-state index < -0.39 is 5.97 Å². The third kappa shape index (κ3) is 2.96.